The van der Waals surface area contributed by atoms with Crippen LogP contribution in [0.5, 0.6) is 0 Å². The summed E-state index contributed by atoms with van der Waals surface area (Å²) in [5.74, 6) is 1.00. The fourth-order valence-electron chi connectivity index (χ4n) is 3.12. The van der Waals surface area contributed by atoms with Gasteiger partial charge in [-0.1, -0.05) is 24.3 Å². The molecule has 108 valence electrons. The predicted octanol–water partition coefficient (Wildman–Crippen LogP) is 1.47. The van der Waals surface area contributed by atoms with Crippen molar-refractivity contribution in [3.8, 4) is 0 Å². The number of nitrogens with zero attached hydrogens (tertiary/aromatic N) is 1. The summed E-state index contributed by atoms with van der Waals surface area (Å²) in [7, 11) is 0. The number of amides is 1. The summed E-state index contributed by atoms with van der Waals surface area (Å²) in [6, 6.07) is 8.47. The maximum atomic E-state index is 12.3. The van der Waals surface area contributed by atoms with Crippen molar-refractivity contribution in [2.45, 2.75) is 32.2 Å². The lowest BCUT2D eigenvalue weighted by Gasteiger charge is -2.29. The summed E-state index contributed by atoms with van der Waals surface area (Å²) in [6.07, 6.45) is 3.83. The van der Waals surface area contributed by atoms with Crippen molar-refractivity contribution in [1.82, 2.24) is 15.8 Å². The molecule has 1 fully saturated rings. The van der Waals surface area contributed by atoms with Crippen LogP contribution in [0.1, 0.15) is 30.4 Å². The third-order valence-electron chi connectivity index (χ3n) is 4.39. The average Bonchev–Trinajstić information content (AvgIpc) is 3.00. The van der Waals surface area contributed by atoms with Gasteiger partial charge in [0.1, 0.15) is 0 Å². The number of benzene rings is 1. The van der Waals surface area contributed by atoms with Crippen LogP contribution in [-0.4, -0.2) is 30.4 Å². The molecule has 0 aliphatic carbocycles. The van der Waals surface area contributed by atoms with Gasteiger partial charge in [0, 0.05) is 32.6 Å². The Balaban J connectivity index is 1.46. The van der Waals surface area contributed by atoms with Gasteiger partial charge in [-0.15, -0.1) is 0 Å². The van der Waals surface area contributed by atoms with Gasteiger partial charge in [-0.05, 0) is 36.3 Å². The molecule has 4 heteroatoms. The molecule has 0 radical (unpaired) electrons. The molecule has 2 heterocycles. The molecule has 0 aromatic heterocycles. The summed E-state index contributed by atoms with van der Waals surface area (Å²) >= 11 is 0. The number of carbonyl (C=O) groups is 1. The molecule has 0 bridgehead atoms. The van der Waals surface area contributed by atoms with E-state index in [0.29, 0.717) is 18.2 Å². The summed E-state index contributed by atoms with van der Waals surface area (Å²) < 4.78 is 0. The van der Waals surface area contributed by atoms with Crippen LogP contribution in [-0.2, 0) is 17.8 Å². The predicted molar refractivity (Wildman–Crippen MR) is 78.9 cm³/mol. The van der Waals surface area contributed by atoms with Gasteiger partial charge in [0.15, 0.2) is 0 Å². The molecule has 2 aliphatic heterocycles. The first-order valence-electron chi connectivity index (χ1n) is 7.63. The SMILES string of the molecule is O=C(CCCC1CNNC1)N1CCc2ccccc2C1. The lowest BCUT2D eigenvalue weighted by molar-refractivity contribution is -0.132. The molecule has 0 spiro atoms. The van der Waals surface area contributed by atoms with Crippen molar-refractivity contribution in [2.75, 3.05) is 19.6 Å². The third-order valence-corrected chi connectivity index (χ3v) is 4.39. The molecule has 2 aliphatic rings. The Morgan fingerprint density at radius 1 is 1.20 bits per heavy atom. The highest BCUT2D eigenvalue weighted by molar-refractivity contribution is 5.76. The summed E-state index contributed by atoms with van der Waals surface area (Å²) in [6.45, 7) is 3.74. The van der Waals surface area contributed by atoms with Gasteiger partial charge in [-0.2, -0.15) is 0 Å². The zero-order valence-electron chi connectivity index (χ0n) is 11.9. The van der Waals surface area contributed by atoms with Gasteiger partial charge in [0.2, 0.25) is 5.91 Å². The number of fused-ring (bicyclic) bond motifs is 1. The van der Waals surface area contributed by atoms with Crippen molar-refractivity contribution < 1.29 is 4.79 Å². The van der Waals surface area contributed by atoms with Crippen molar-refractivity contribution in [2.24, 2.45) is 5.92 Å². The fourth-order valence-corrected chi connectivity index (χ4v) is 3.12. The van der Waals surface area contributed by atoms with Crippen LogP contribution in [0.15, 0.2) is 24.3 Å². The van der Waals surface area contributed by atoms with E-state index < -0.39 is 0 Å². The molecule has 0 atom stereocenters. The highest BCUT2D eigenvalue weighted by Gasteiger charge is 2.20. The van der Waals surface area contributed by atoms with Crippen LogP contribution in [0.25, 0.3) is 0 Å². The smallest absolute Gasteiger partial charge is 0.222 e. The van der Waals surface area contributed by atoms with Gasteiger partial charge < -0.3 is 4.90 Å². The average molecular weight is 273 g/mol. The van der Waals surface area contributed by atoms with Crippen LogP contribution in [0.2, 0.25) is 0 Å². The van der Waals surface area contributed by atoms with Gasteiger partial charge in [0.25, 0.3) is 0 Å². The van der Waals surface area contributed by atoms with E-state index in [2.05, 4.69) is 35.1 Å². The number of rotatable bonds is 4. The van der Waals surface area contributed by atoms with Crippen molar-refractivity contribution in [3.63, 3.8) is 0 Å². The number of carbonyl (C=O) groups excluding carboxylic acids is 1. The Kier molecular flexibility index (Phi) is 4.33. The number of nitrogens with one attached hydrogen (secondary N) is 2. The monoisotopic (exact) mass is 273 g/mol. The Morgan fingerprint density at radius 3 is 2.75 bits per heavy atom. The molecule has 1 aromatic rings. The highest BCUT2D eigenvalue weighted by Crippen LogP contribution is 2.20. The van der Waals surface area contributed by atoms with Gasteiger partial charge in [0.05, 0.1) is 0 Å². The second-order valence-corrected chi connectivity index (χ2v) is 5.85. The highest BCUT2D eigenvalue weighted by atomic mass is 16.2. The zero-order chi connectivity index (χ0) is 13.8. The fraction of sp³-hybridized carbons (Fsp3) is 0.562. The number of hydrogen-bond acceptors (Lipinski definition) is 3. The van der Waals surface area contributed by atoms with E-state index in [1.165, 1.54) is 11.1 Å². The third kappa shape index (κ3) is 3.19. The largest absolute Gasteiger partial charge is 0.338 e. The Morgan fingerprint density at radius 2 is 1.95 bits per heavy atom. The van der Waals surface area contributed by atoms with Crippen molar-refractivity contribution in [1.29, 1.82) is 0 Å². The molecule has 4 nitrogen and oxygen atoms in total. The first-order valence-corrected chi connectivity index (χ1v) is 7.63. The Hall–Kier alpha value is -1.39. The minimum absolute atomic E-state index is 0.318. The summed E-state index contributed by atoms with van der Waals surface area (Å²) in [4.78, 5) is 14.3. The zero-order valence-corrected chi connectivity index (χ0v) is 11.9. The van der Waals surface area contributed by atoms with Crippen LogP contribution < -0.4 is 10.9 Å². The maximum Gasteiger partial charge on any atom is 0.222 e. The first kappa shape index (κ1) is 13.6. The molecule has 0 unspecified atom stereocenters. The standard InChI is InChI=1S/C16H23N3O/c20-16(7-3-4-13-10-17-18-11-13)19-9-8-14-5-1-2-6-15(14)12-19/h1-2,5-6,13,17-18H,3-4,7-12H2. The van der Waals surface area contributed by atoms with E-state index in [-0.39, 0.29) is 0 Å². The number of hydrogen-bond donors (Lipinski definition) is 2. The maximum absolute atomic E-state index is 12.3. The molecule has 2 N–H and O–H groups in total. The molecule has 1 aromatic carbocycles. The van der Waals surface area contributed by atoms with Gasteiger partial charge >= 0.3 is 0 Å². The lowest BCUT2D eigenvalue weighted by Crippen LogP contribution is -2.35. The van der Waals surface area contributed by atoms with E-state index in [1.54, 1.807) is 0 Å². The first-order chi connectivity index (χ1) is 9.83. The molecule has 20 heavy (non-hydrogen) atoms. The molecule has 3 rings (SSSR count). The lowest BCUT2D eigenvalue weighted by atomic mass is 9.99. The molecular weight excluding hydrogens is 250 g/mol. The quantitative estimate of drug-likeness (QED) is 0.873. The minimum atomic E-state index is 0.318. The Bertz CT molecular complexity index is 469. The Labute approximate surface area is 120 Å². The minimum Gasteiger partial charge on any atom is -0.338 e. The van der Waals surface area contributed by atoms with Crippen molar-refractivity contribution >= 4 is 5.91 Å². The topological polar surface area (TPSA) is 44.4 Å². The molecular formula is C16H23N3O. The summed E-state index contributed by atoms with van der Waals surface area (Å²) in [5, 5.41) is 0. The van der Waals surface area contributed by atoms with Crippen LogP contribution in [0, 0.1) is 5.92 Å². The number of hydrazine groups is 1. The van der Waals surface area contributed by atoms with Crippen LogP contribution in [0.4, 0.5) is 0 Å². The van der Waals surface area contributed by atoms with Gasteiger partial charge in [-0.25, -0.2) is 0 Å². The second kappa shape index (κ2) is 6.37. The van der Waals surface area contributed by atoms with Crippen LogP contribution >= 0.6 is 0 Å². The van der Waals surface area contributed by atoms with E-state index in [4.69, 9.17) is 0 Å². The normalized spacial score (nSPS) is 19.1. The van der Waals surface area contributed by atoms with E-state index >= 15 is 0 Å². The van der Waals surface area contributed by atoms with Crippen molar-refractivity contribution in [3.05, 3.63) is 35.4 Å². The molecule has 1 saturated heterocycles. The van der Waals surface area contributed by atoms with Crippen LogP contribution in [0.3, 0.4) is 0 Å². The molecule has 0 saturated carbocycles. The van der Waals surface area contributed by atoms with E-state index in [9.17, 15) is 4.79 Å². The van der Waals surface area contributed by atoms with E-state index in [0.717, 1.165) is 45.4 Å². The van der Waals surface area contributed by atoms with E-state index in [1.807, 2.05) is 4.90 Å². The second-order valence-electron chi connectivity index (χ2n) is 5.85. The summed E-state index contributed by atoms with van der Waals surface area (Å²) in [5.41, 5.74) is 9.00. The molecule has 1 amide bonds. The van der Waals surface area contributed by atoms with Gasteiger partial charge in [-0.3, -0.25) is 15.6 Å².